The monoisotopic (exact) mass is 503 g/mol. The van der Waals surface area contributed by atoms with Crippen LogP contribution in [-0.2, 0) is 16.0 Å². The molecule has 0 radical (unpaired) electrons. The SMILES string of the molecule is COC(=O)[C@H](Cc1ccc(OCC2CC2)cc1)NC(=O)c1cn2cc(-c3ccc(Cl)cc3)ccc2n1. The zero-order valence-electron chi connectivity index (χ0n) is 19.8. The van der Waals surface area contributed by atoms with Gasteiger partial charge in [0.1, 0.15) is 23.1 Å². The van der Waals surface area contributed by atoms with Crippen LogP contribution < -0.4 is 10.1 Å². The minimum atomic E-state index is -0.852. The van der Waals surface area contributed by atoms with E-state index in [0.717, 1.165) is 29.0 Å². The summed E-state index contributed by atoms with van der Waals surface area (Å²) in [5.74, 6) is 0.497. The molecule has 5 rings (SSSR count). The summed E-state index contributed by atoms with van der Waals surface area (Å²) < 4.78 is 12.5. The van der Waals surface area contributed by atoms with Gasteiger partial charge in [-0.15, -0.1) is 0 Å². The first-order valence-electron chi connectivity index (χ1n) is 11.8. The van der Waals surface area contributed by atoms with Crippen LogP contribution in [0.3, 0.4) is 0 Å². The zero-order chi connectivity index (χ0) is 25.1. The predicted molar refractivity (Wildman–Crippen MR) is 137 cm³/mol. The van der Waals surface area contributed by atoms with Gasteiger partial charge in [-0.2, -0.15) is 0 Å². The maximum Gasteiger partial charge on any atom is 0.328 e. The number of carbonyl (C=O) groups excluding carboxylic acids is 2. The van der Waals surface area contributed by atoms with Crippen molar-refractivity contribution in [2.75, 3.05) is 13.7 Å². The van der Waals surface area contributed by atoms with Gasteiger partial charge in [0.2, 0.25) is 0 Å². The fraction of sp³-hybridized carbons (Fsp3) is 0.250. The van der Waals surface area contributed by atoms with Gasteiger partial charge in [0.05, 0.1) is 13.7 Å². The second-order valence-corrected chi connectivity index (χ2v) is 9.40. The largest absolute Gasteiger partial charge is 0.493 e. The Balaban J connectivity index is 1.28. The summed E-state index contributed by atoms with van der Waals surface area (Å²) in [5, 5.41) is 3.44. The lowest BCUT2D eigenvalue weighted by Gasteiger charge is -2.16. The summed E-state index contributed by atoms with van der Waals surface area (Å²) in [5.41, 5.74) is 3.67. The lowest BCUT2D eigenvalue weighted by Crippen LogP contribution is -2.43. The van der Waals surface area contributed by atoms with E-state index in [-0.39, 0.29) is 12.1 Å². The van der Waals surface area contributed by atoms with Crippen LogP contribution in [0.1, 0.15) is 28.9 Å². The molecule has 1 saturated carbocycles. The molecule has 7 nitrogen and oxygen atoms in total. The fourth-order valence-corrected chi connectivity index (χ4v) is 4.06. The number of rotatable bonds is 9. The number of aromatic nitrogens is 2. The Morgan fingerprint density at radius 3 is 2.44 bits per heavy atom. The number of hydrogen-bond acceptors (Lipinski definition) is 5. The van der Waals surface area contributed by atoms with E-state index in [1.807, 2.05) is 66.9 Å². The van der Waals surface area contributed by atoms with Crippen LogP contribution in [0.4, 0.5) is 0 Å². The summed E-state index contributed by atoms with van der Waals surface area (Å²) in [7, 11) is 1.31. The molecule has 36 heavy (non-hydrogen) atoms. The van der Waals surface area contributed by atoms with Crippen molar-refractivity contribution < 1.29 is 19.1 Å². The Morgan fingerprint density at radius 2 is 1.75 bits per heavy atom. The number of halogens is 1. The first-order valence-corrected chi connectivity index (χ1v) is 12.2. The molecule has 2 aromatic carbocycles. The number of ether oxygens (including phenoxy) is 2. The third-order valence-electron chi connectivity index (χ3n) is 6.20. The Labute approximate surface area is 214 Å². The number of nitrogens with zero attached hydrogens (tertiary/aromatic N) is 2. The van der Waals surface area contributed by atoms with Gasteiger partial charge in [0.25, 0.3) is 5.91 Å². The normalized spacial score (nSPS) is 13.8. The minimum absolute atomic E-state index is 0.209. The number of hydrogen-bond donors (Lipinski definition) is 1. The number of fused-ring (bicyclic) bond motifs is 1. The quantitative estimate of drug-likeness (QED) is 0.326. The van der Waals surface area contributed by atoms with E-state index in [4.69, 9.17) is 21.1 Å². The average Bonchev–Trinajstić information content (AvgIpc) is 3.63. The number of nitrogens with one attached hydrogen (secondary N) is 1. The van der Waals surface area contributed by atoms with Gasteiger partial charge in [-0.05, 0) is 71.8 Å². The van der Waals surface area contributed by atoms with Crippen molar-refractivity contribution in [3.63, 3.8) is 0 Å². The topological polar surface area (TPSA) is 81.9 Å². The molecule has 1 aliphatic carbocycles. The van der Waals surface area contributed by atoms with Crippen LogP contribution in [0.15, 0.2) is 73.1 Å². The molecule has 0 aliphatic heterocycles. The molecule has 1 fully saturated rings. The summed E-state index contributed by atoms with van der Waals surface area (Å²) in [4.78, 5) is 29.9. The number of imidazole rings is 1. The maximum absolute atomic E-state index is 13.0. The van der Waals surface area contributed by atoms with Gasteiger partial charge in [-0.25, -0.2) is 9.78 Å². The van der Waals surface area contributed by atoms with Gasteiger partial charge in [-0.1, -0.05) is 35.9 Å². The number of methoxy groups -OCH3 is 1. The van der Waals surface area contributed by atoms with Crippen molar-refractivity contribution in [2.24, 2.45) is 5.92 Å². The van der Waals surface area contributed by atoms with E-state index in [0.29, 0.717) is 16.6 Å². The Kier molecular flexibility index (Phi) is 6.91. The minimum Gasteiger partial charge on any atom is -0.493 e. The van der Waals surface area contributed by atoms with Crippen LogP contribution in [0, 0.1) is 5.92 Å². The zero-order valence-corrected chi connectivity index (χ0v) is 20.6. The molecule has 1 N–H and O–H groups in total. The molecule has 184 valence electrons. The average molecular weight is 504 g/mol. The molecule has 1 aliphatic rings. The lowest BCUT2D eigenvalue weighted by molar-refractivity contribution is -0.142. The lowest BCUT2D eigenvalue weighted by atomic mass is 10.1. The number of amides is 1. The van der Waals surface area contributed by atoms with Gasteiger partial charge in [0.15, 0.2) is 0 Å². The highest BCUT2D eigenvalue weighted by Crippen LogP contribution is 2.29. The highest BCUT2D eigenvalue weighted by molar-refractivity contribution is 6.30. The molecule has 1 amide bonds. The molecule has 2 heterocycles. The third-order valence-corrected chi connectivity index (χ3v) is 6.45. The summed E-state index contributed by atoms with van der Waals surface area (Å²) in [6.45, 7) is 0.737. The smallest absolute Gasteiger partial charge is 0.328 e. The summed E-state index contributed by atoms with van der Waals surface area (Å²) in [6, 6.07) is 18.0. The Morgan fingerprint density at radius 1 is 1.03 bits per heavy atom. The van der Waals surface area contributed by atoms with Crippen LogP contribution in [-0.4, -0.2) is 41.0 Å². The van der Waals surface area contributed by atoms with Gasteiger partial charge in [0, 0.05) is 23.8 Å². The molecule has 2 aromatic heterocycles. The van der Waals surface area contributed by atoms with Crippen molar-refractivity contribution in [1.29, 1.82) is 0 Å². The molecular weight excluding hydrogens is 478 g/mol. The highest BCUT2D eigenvalue weighted by atomic mass is 35.5. The van der Waals surface area contributed by atoms with E-state index in [2.05, 4.69) is 10.3 Å². The van der Waals surface area contributed by atoms with Crippen molar-refractivity contribution in [3.05, 3.63) is 89.3 Å². The molecule has 1 atom stereocenters. The summed E-state index contributed by atoms with van der Waals surface area (Å²) in [6.07, 6.45) is 6.29. The number of carbonyl (C=O) groups is 2. The fourth-order valence-electron chi connectivity index (χ4n) is 3.94. The van der Waals surface area contributed by atoms with E-state index < -0.39 is 17.9 Å². The second kappa shape index (κ2) is 10.4. The molecule has 0 saturated heterocycles. The standard InChI is InChI=1S/C28H26ClN3O4/c1-35-28(34)24(14-18-4-11-23(12-5-18)36-17-19-2-3-19)31-27(33)25-16-32-15-21(8-13-26(32)30-25)20-6-9-22(29)10-7-20/h4-13,15-16,19,24H,2-3,14,17H2,1H3,(H,31,33)/t24-/m0/s1. The van der Waals surface area contributed by atoms with Crippen LogP contribution in [0.2, 0.25) is 5.02 Å². The van der Waals surface area contributed by atoms with Crippen molar-refractivity contribution in [2.45, 2.75) is 25.3 Å². The molecule has 8 heteroatoms. The van der Waals surface area contributed by atoms with Gasteiger partial charge in [-0.3, -0.25) is 4.79 Å². The van der Waals surface area contributed by atoms with Crippen LogP contribution >= 0.6 is 11.6 Å². The molecule has 4 aromatic rings. The van der Waals surface area contributed by atoms with Crippen LogP contribution in [0.25, 0.3) is 16.8 Å². The van der Waals surface area contributed by atoms with Gasteiger partial charge >= 0.3 is 5.97 Å². The first-order chi connectivity index (χ1) is 17.5. The first kappa shape index (κ1) is 23.9. The number of pyridine rings is 1. The Hall–Kier alpha value is -3.84. The Bertz CT molecular complexity index is 1380. The van der Waals surface area contributed by atoms with Crippen molar-refractivity contribution in [1.82, 2.24) is 14.7 Å². The predicted octanol–water partition coefficient (Wildman–Crippen LogP) is 4.96. The molecular formula is C28H26ClN3O4. The van der Waals surface area contributed by atoms with E-state index >= 15 is 0 Å². The molecule has 0 unspecified atom stereocenters. The van der Waals surface area contributed by atoms with E-state index in [1.165, 1.54) is 20.0 Å². The van der Waals surface area contributed by atoms with E-state index in [1.54, 1.807) is 10.6 Å². The number of esters is 1. The van der Waals surface area contributed by atoms with E-state index in [9.17, 15) is 9.59 Å². The molecule has 0 bridgehead atoms. The highest BCUT2D eigenvalue weighted by Gasteiger charge is 2.24. The van der Waals surface area contributed by atoms with Crippen LogP contribution in [0.5, 0.6) is 5.75 Å². The molecule has 0 spiro atoms. The maximum atomic E-state index is 13.0. The third kappa shape index (κ3) is 5.69. The number of benzene rings is 2. The second-order valence-electron chi connectivity index (χ2n) is 8.97. The summed E-state index contributed by atoms with van der Waals surface area (Å²) >= 11 is 5.99. The van der Waals surface area contributed by atoms with Crippen molar-refractivity contribution >= 4 is 29.1 Å². The van der Waals surface area contributed by atoms with Crippen molar-refractivity contribution in [3.8, 4) is 16.9 Å². The van der Waals surface area contributed by atoms with Gasteiger partial charge < -0.3 is 19.2 Å².